The molecule has 1 aromatic carbocycles. The summed E-state index contributed by atoms with van der Waals surface area (Å²) in [6, 6.07) is 6.73. The standard InChI is InChI=1S/C13H18/c1-4-13(3)9-8-11-7-5-6-10(2)12(11)13/h5-7H,4,8-9H2,1-3H3. The molecule has 0 amide bonds. The number of fused-ring (bicyclic) bond motifs is 1. The van der Waals surface area contributed by atoms with Crippen LogP contribution in [-0.4, -0.2) is 0 Å². The molecule has 0 radical (unpaired) electrons. The molecule has 0 aromatic heterocycles. The van der Waals surface area contributed by atoms with E-state index < -0.39 is 0 Å². The second kappa shape index (κ2) is 2.87. The van der Waals surface area contributed by atoms with Crippen LogP contribution in [0.2, 0.25) is 0 Å². The number of rotatable bonds is 1. The van der Waals surface area contributed by atoms with Crippen LogP contribution in [0.4, 0.5) is 0 Å². The van der Waals surface area contributed by atoms with Gasteiger partial charge in [0.25, 0.3) is 0 Å². The first kappa shape index (κ1) is 8.80. The van der Waals surface area contributed by atoms with Crippen molar-refractivity contribution in [1.29, 1.82) is 0 Å². The van der Waals surface area contributed by atoms with E-state index in [4.69, 9.17) is 0 Å². The van der Waals surface area contributed by atoms with Crippen molar-refractivity contribution >= 4 is 0 Å². The minimum Gasteiger partial charge on any atom is -0.0645 e. The Balaban J connectivity index is 2.58. The molecule has 1 unspecified atom stereocenters. The predicted octanol–water partition coefficient (Wildman–Crippen LogP) is 3.61. The number of hydrogen-bond acceptors (Lipinski definition) is 0. The normalized spacial score (nSPS) is 26.1. The lowest BCUT2D eigenvalue weighted by molar-refractivity contribution is 0.451. The van der Waals surface area contributed by atoms with Crippen LogP contribution in [0.25, 0.3) is 0 Å². The summed E-state index contributed by atoms with van der Waals surface area (Å²) in [6.07, 6.45) is 3.88. The van der Waals surface area contributed by atoms with Crippen molar-refractivity contribution in [3.8, 4) is 0 Å². The van der Waals surface area contributed by atoms with Crippen LogP contribution in [-0.2, 0) is 11.8 Å². The highest BCUT2D eigenvalue weighted by atomic mass is 14.4. The minimum atomic E-state index is 0.459. The van der Waals surface area contributed by atoms with Gasteiger partial charge in [0, 0.05) is 0 Å². The van der Waals surface area contributed by atoms with Gasteiger partial charge in [0.2, 0.25) is 0 Å². The van der Waals surface area contributed by atoms with Gasteiger partial charge in [-0.25, -0.2) is 0 Å². The lowest BCUT2D eigenvalue weighted by Crippen LogP contribution is -2.17. The predicted molar refractivity (Wildman–Crippen MR) is 57.1 cm³/mol. The highest BCUT2D eigenvalue weighted by molar-refractivity contribution is 5.44. The molecule has 1 atom stereocenters. The van der Waals surface area contributed by atoms with Gasteiger partial charge in [-0.3, -0.25) is 0 Å². The maximum atomic E-state index is 2.41. The summed E-state index contributed by atoms with van der Waals surface area (Å²) in [5, 5.41) is 0. The quantitative estimate of drug-likeness (QED) is 0.610. The van der Waals surface area contributed by atoms with E-state index >= 15 is 0 Å². The maximum Gasteiger partial charge on any atom is -0.00694 e. The van der Waals surface area contributed by atoms with E-state index in [1.165, 1.54) is 24.8 Å². The second-order valence-electron chi connectivity index (χ2n) is 4.52. The summed E-state index contributed by atoms with van der Waals surface area (Å²) < 4.78 is 0. The molecule has 0 heterocycles. The smallest absolute Gasteiger partial charge is 0.00694 e. The highest BCUT2D eigenvalue weighted by Crippen LogP contribution is 2.42. The SMILES string of the molecule is CCC1(C)CCc2cccc(C)c21. The fraction of sp³-hybridized carbons (Fsp3) is 0.538. The van der Waals surface area contributed by atoms with Crippen molar-refractivity contribution in [3.05, 3.63) is 34.9 Å². The largest absolute Gasteiger partial charge is 0.0645 e. The molecule has 0 saturated carbocycles. The number of benzene rings is 1. The fourth-order valence-corrected chi connectivity index (χ4v) is 2.69. The van der Waals surface area contributed by atoms with Crippen molar-refractivity contribution in [2.75, 3.05) is 0 Å². The van der Waals surface area contributed by atoms with Crippen molar-refractivity contribution in [2.45, 2.75) is 45.4 Å². The van der Waals surface area contributed by atoms with Crippen molar-refractivity contribution < 1.29 is 0 Å². The van der Waals surface area contributed by atoms with Crippen LogP contribution in [0, 0.1) is 6.92 Å². The Hall–Kier alpha value is -0.780. The molecule has 0 heteroatoms. The zero-order valence-electron chi connectivity index (χ0n) is 8.85. The molecule has 0 aliphatic heterocycles. The Labute approximate surface area is 81.0 Å². The first-order chi connectivity index (χ1) is 6.17. The highest BCUT2D eigenvalue weighted by Gasteiger charge is 2.33. The van der Waals surface area contributed by atoms with Gasteiger partial charge in [0.05, 0.1) is 0 Å². The lowest BCUT2D eigenvalue weighted by atomic mass is 9.80. The van der Waals surface area contributed by atoms with Crippen LogP contribution in [0.1, 0.15) is 43.4 Å². The van der Waals surface area contributed by atoms with E-state index in [1.54, 1.807) is 11.1 Å². The van der Waals surface area contributed by atoms with Gasteiger partial charge in [-0.15, -0.1) is 0 Å². The van der Waals surface area contributed by atoms with Gasteiger partial charge in [0.1, 0.15) is 0 Å². The summed E-state index contributed by atoms with van der Waals surface area (Å²) in [6.45, 7) is 6.96. The van der Waals surface area contributed by atoms with Crippen LogP contribution in [0.15, 0.2) is 18.2 Å². The number of aryl methyl sites for hydroxylation is 2. The summed E-state index contributed by atoms with van der Waals surface area (Å²) in [5.74, 6) is 0. The Morgan fingerprint density at radius 2 is 2.15 bits per heavy atom. The molecule has 70 valence electrons. The number of hydrogen-bond donors (Lipinski definition) is 0. The fourth-order valence-electron chi connectivity index (χ4n) is 2.69. The molecular formula is C13H18. The summed E-state index contributed by atoms with van der Waals surface area (Å²) in [5.41, 5.74) is 5.17. The topological polar surface area (TPSA) is 0 Å². The van der Waals surface area contributed by atoms with Crippen molar-refractivity contribution in [2.24, 2.45) is 0 Å². The third-order valence-corrected chi connectivity index (χ3v) is 3.69. The average Bonchev–Trinajstić information content (AvgIpc) is 2.47. The van der Waals surface area contributed by atoms with Crippen molar-refractivity contribution in [1.82, 2.24) is 0 Å². The molecule has 0 saturated heterocycles. The van der Waals surface area contributed by atoms with Gasteiger partial charge >= 0.3 is 0 Å². The van der Waals surface area contributed by atoms with Crippen LogP contribution < -0.4 is 0 Å². The third-order valence-electron chi connectivity index (χ3n) is 3.69. The van der Waals surface area contributed by atoms with Gasteiger partial charge in [-0.2, -0.15) is 0 Å². The third kappa shape index (κ3) is 1.20. The molecule has 0 bridgehead atoms. The van der Waals surface area contributed by atoms with Gasteiger partial charge < -0.3 is 0 Å². The average molecular weight is 174 g/mol. The van der Waals surface area contributed by atoms with E-state index in [9.17, 15) is 0 Å². The van der Waals surface area contributed by atoms with E-state index in [1.807, 2.05) is 0 Å². The van der Waals surface area contributed by atoms with Gasteiger partial charge in [-0.1, -0.05) is 32.0 Å². The summed E-state index contributed by atoms with van der Waals surface area (Å²) in [4.78, 5) is 0. The molecule has 0 nitrogen and oxygen atoms in total. The zero-order valence-corrected chi connectivity index (χ0v) is 8.85. The van der Waals surface area contributed by atoms with E-state index in [0.717, 1.165) is 0 Å². The molecule has 0 N–H and O–H groups in total. The molecule has 0 spiro atoms. The molecule has 13 heavy (non-hydrogen) atoms. The monoisotopic (exact) mass is 174 g/mol. The molecule has 2 rings (SSSR count). The summed E-state index contributed by atoms with van der Waals surface area (Å²) >= 11 is 0. The molecule has 1 aliphatic carbocycles. The Kier molecular flexibility index (Phi) is 1.94. The molecular weight excluding hydrogens is 156 g/mol. The Bertz CT molecular complexity index is 325. The van der Waals surface area contributed by atoms with E-state index in [-0.39, 0.29) is 0 Å². The molecule has 1 aliphatic rings. The second-order valence-corrected chi connectivity index (χ2v) is 4.52. The van der Waals surface area contributed by atoms with Crippen LogP contribution in [0.5, 0.6) is 0 Å². The van der Waals surface area contributed by atoms with E-state index in [0.29, 0.717) is 5.41 Å². The Morgan fingerprint density at radius 1 is 1.38 bits per heavy atom. The molecule has 1 aromatic rings. The van der Waals surface area contributed by atoms with Crippen LogP contribution in [0.3, 0.4) is 0 Å². The zero-order chi connectivity index (χ0) is 9.47. The first-order valence-electron chi connectivity index (χ1n) is 5.26. The van der Waals surface area contributed by atoms with E-state index in [2.05, 4.69) is 39.0 Å². The van der Waals surface area contributed by atoms with Crippen molar-refractivity contribution in [3.63, 3.8) is 0 Å². The lowest BCUT2D eigenvalue weighted by Gasteiger charge is -2.25. The van der Waals surface area contributed by atoms with Gasteiger partial charge in [0.15, 0.2) is 0 Å². The minimum absolute atomic E-state index is 0.459. The van der Waals surface area contributed by atoms with Crippen LogP contribution >= 0.6 is 0 Å². The maximum absolute atomic E-state index is 2.41. The summed E-state index contributed by atoms with van der Waals surface area (Å²) in [7, 11) is 0. The first-order valence-corrected chi connectivity index (χ1v) is 5.26. The molecule has 0 fully saturated rings. The Morgan fingerprint density at radius 3 is 2.85 bits per heavy atom. The van der Waals surface area contributed by atoms with Gasteiger partial charge in [-0.05, 0) is 48.3 Å².